The number of carbonyl (C=O) groups excluding carboxylic acids is 1. The number of hydrogen-bond acceptors (Lipinski definition) is 3. The van der Waals surface area contributed by atoms with Crippen molar-refractivity contribution in [3.05, 3.63) is 34.9 Å². The van der Waals surface area contributed by atoms with Crippen LogP contribution in [-0.2, 0) is 10.3 Å². The van der Waals surface area contributed by atoms with Gasteiger partial charge in [-0.1, -0.05) is 17.7 Å². The highest BCUT2D eigenvalue weighted by Crippen LogP contribution is 2.43. The van der Waals surface area contributed by atoms with Crippen LogP contribution < -0.4 is 5.32 Å². The number of nitrogens with one attached hydrogen (secondary N) is 1. The molecule has 0 aliphatic carbocycles. The smallest absolute Gasteiger partial charge is 0.339 e. The molecule has 1 saturated heterocycles. The molecule has 1 atom stereocenters. The van der Waals surface area contributed by atoms with Crippen molar-refractivity contribution in [2.45, 2.75) is 31.8 Å². The summed E-state index contributed by atoms with van der Waals surface area (Å²) >= 11 is 0. The van der Waals surface area contributed by atoms with Crippen LogP contribution in [0.15, 0.2) is 18.2 Å². The van der Waals surface area contributed by atoms with Crippen LogP contribution in [0.5, 0.6) is 0 Å². The summed E-state index contributed by atoms with van der Waals surface area (Å²) in [5, 5.41) is 3.36. The van der Waals surface area contributed by atoms with Crippen LogP contribution in [-0.4, -0.2) is 19.1 Å². The lowest BCUT2D eigenvalue weighted by molar-refractivity contribution is -0.0147. The van der Waals surface area contributed by atoms with Crippen molar-refractivity contribution < 1.29 is 9.53 Å². The van der Waals surface area contributed by atoms with Crippen molar-refractivity contribution in [2.75, 3.05) is 13.1 Å². The lowest BCUT2D eigenvalue weighted by Crippen LogP contribution is -2.27. The Kier molecular flexibility index (Phi) is 2.44. The van der Waals surface area contributed by atoms with Crippen molar-refractivity contribution in [2.24, 2.45) is 0 Å². The van der Waals surface area contributed by atoms with E-state index >= 15 is 0 Å². The van der Waals surface area contributed by atoms with Crippen molar-refractivity contribution in [3.8, 4) is 0 Å². The molecule has 1 spiro atoms. The fourth-order valence-electron chi connectivity index (χ4n) is 2.92. The van der Waals surface area contributed by atoms with E-state index < -0.39 is 0 Å². The SMILES string of the molecule is Cc1ccc2c(c1)C(=O)OC21CCCNCC1. The summed E-state index contributed by atoms with van der Waals surface area (Å²) in [6, 6.07) is 6.09. The first-order chi connectivity index (χ1) is 8.21. The number of aryl methyl sites for hydroxylation is 1. The second-order valence-electron chi connectivity index (χ2n) is 5.04. The number of rotatable bonds is 0. The molecule has 17 heavy (non-hydrogen) atoms. The van der Waals surface area contributed by atoms with Gasteiger partial charge in [0.15, 0.2) is 0 Å². The van der Waals surface area contributed by atoms with Crippen LogP contribution >= 0.6 is 0 Å². The molecule has 0 amide bonds. The van der Waals surface area contributed by atoms with E-state index in [2.05, 4.69) is 17.4 Å². The zero-order valence-electron chi connectivity index (χ0n) is 10.1. The third-order valence-electron chi connectivity index (χ3n) is 3.81. The lowest BCUT2D eigenvalue weighted by Gasteiger charge is -2.27. The van der Waals surface area contributed by atoms with Crippen LogP contribution in [0.4, 0.5) is 0 Å². The molecule has 2 aliphatic rings. The topological polar surface area (TPSA) is 38.3 Å². The molecule has 2 heterocycles. The molecule has 1 aromatic carbocycles. The Morgan fingerprint density at radius 1 is 1.29 bits per heavy atom. The Morgan fingerprint density at radius 3 is 3.06 bits per heavy atom. The second kappa shape index (κ2) is 3.84. The maximum atomic E-state index is 12.0. The summed E-state index contributed by atoms with van der Waals surface area (Å²) in [6.45, 7) is 3.94. The van der Waals surface area contributed by atoms with Gasteiger partial charge >= 0.3 is 5.97 Å². The standard InChI is InChI=1S/C14H17NO2/c1-10-3-4-12-11(9-10)13(16)17-14(12)5-2-7-15-8-6-14/h3-4,9,15H,2,5-8H2,1H3. The van der Waals surface area contributed by atoms with Gasteiger partial charge in [-0.25, -0.2) is 4.79 Å². The van der Waals surface area contributed by atoms with Crippen molar-refractivity contribution in [1.82, 2.24) is 5.32 Å². The quantitative estimate of drug-likeness (QED) is 0.695. The zero-order chi connectivity index (χ0) is 11.9. The number of benzene rings is 1. The normalized spacial score (nSPS) is 27.7. The average molecular weight is 231 g/mol. The van der Waals surface area contributed by atoms with Gasteiger partial charge in [0, 0.05) is 12.0 Å². The summed E-state index contributed by atoms with van der Waals surface area (Å²) < 4.78 is 5.72. The molecular formula is C14H17NO2. The molecule has 3 heteroatoms. The van der Waals surface area contributed by atoms with Crippen molar-refractivity contribution in [1.29, 1.82) is 0 Å². The number of hydrogen-bond donors (Lipinski definition) is 1. The van der Waals surface area contributed by atoms with E-state index in [1.807, 2.05) is 13.0 Å². The van der Waals surface area contributed by atoms with E-state index in [0.29, 0.717) is 0 Å². The van der Waals surface area contributed by atoms with E-state index in [-0.39, 0.29) is 11.6 Å². The molecule has 1 N–H and O–H groups in total. The summed E-state index contributed by atoms with van der Waals surface area (Å²) in [5.74, 6) is -0.148. The average Bonchev–Trinajstić information content (AvgIpc) is 2.49. The first-order valence-electron chi connectivity index (χ1n) is 6.26. The molecule has 3 rings (SSSR count). The van der Waals surface area contributed by atoms with E-state index in [1.54, 1.807) is 0 Å². The molecule has 2 aliphatic heterocycles. The number of esters is 1. The van der Waals surface area contributed by atoms with Gasteiger partial charge in [0.2, 0.25) is 0 Å². The van der Waals surface area contributed by atoms with E-state index in [1.165, 1.54) is 0 Å². The van der Waals surface area contributed by atoms with Crippen molar-refractivity contribution in [3.63, 3.8) is 0 Å². The van der Waals surface area contributed by atoms with E-state index in [9.17, 15) is 4.79 Å². The molecule has 1 fully saturated rings. The highest BCUT2D eigenvalue weighted by atomic mass is 16.6. The Hall–Kier alpha value is -1.35. The van der Waals surface area contributed by atoms with Gasteiger partial charge < -0.3 is 10.1 Å². The predicted octanol–water partition coefficient (Wildman–Crippen LogP) is 2.13. The van der Waals surface area contributed by atoms with Gasteiger partial charge in [-0.3, -0.25) is 0 Å². The van der Waals surface area contributed by atoms with Crippen molar-refractivity contribution >= 4 is 5.97 Å². The van der Waals surface area contributed by atoms with Crippen LogP contribution in [0, 0.1) is 6.92 Å². The van der Waals surface area contributed by atoms with Gasteiger partial charge in [-0.05, 0) is 38.9 Å². The largest absolute Gasteiger partial charge is 0.450 e. The lowest BCUT2D eigenvalue weighted by atomic mass is 9.85. The Bertz CT molecular complexity index is 459. The first kappa shape index (κ1) is 10.8. The highest BCUT2D eigenvalue weighted by Gasteiger charge is 2.45. The summed E-state index contributed by atoms with van der Waals surface area (Å²) in [6.07, 6.45) is 2.87. The van der Waals surface area contributed by atoms with Gasteiger partial charge in [0.25, 0.3) is 0 Å². The maximum absolute atomic E-state index is 12.0. The number of ether oxygens (including phenoxy) is 1. The summed E-state index contributed by atoms with van der Waals surface area (Å²) in [5.41, 5.74) is 2.62. The monoisotopic (exact) mass is 231 g/mol. The minimum atomic E-state index is -0.358. The third-order valence-corrected chi connectivity index (χ3v) is 3.81. The third kappa shape index (κ3) is 1.65. The predicted molar refractivity (Wildman–Crippen MR) is 65.0 cm³/mol. The molecule has 0 radical (unpaired) electrons. The van der Waals surface area contributed by atoms with Crippen LogP contribution in [0.2, 0.25) is 0 Å². The minimum absolute atomic E-state index is 0.148. The van der Waals surface area contributed by atoms with Gasteiger partial charge in [-0.15, -0.1) is 0 Å². The van der Waals surface area contributed by atoms with E-state index in [0.717, 1.165) is 49.0 Å². The first-order valence-corrected chi connectivity index (χ1v) is 6.26. The molecule has 3 nitrogen and oxygen atoms in total. The number of carbonyl (C=O) groups is 1. The summed E-state index contributed by atoms with van der Waals surface area (Å²) in [7, 11) is 0. The van der Waals surface area contributed by atoms with Gasteiger partial charge in [0.05, 0.1) is 5.56 Å². The van der Waals surface area contributed by atoms with Crippen LogP contribution in [0.1, 0.15) is 40.7 Å². The highest BCUT2D eigenvalue weighted by molar-refractivity contribution is 5.95. The number of fused-ring (bicyclic) bond motifs is 2. The maximum Gasteiger partial charge on any atom is 0.339 e. The minimum Gasteiger partial charge on any atom is -0.450 e. The Morgan fingerprint density at radius 2 is 2.18 bits per heavy atom. The van der Waals surface area contributed by atoms with E-state index in [4.69, 9.17) is 4.74 Å². The fraction of sp³-hybridized carbons (Fsp3) is 0.500. The zero-order valence-corrected chi connectivity index (χ0v) is 10.1. The fourth-order valence-corrected chi connectivity index (χ4v) is 2.92. The molecule has 0 bridgehead atoms. The molecule has 0 aromatic heterocycles. The van der Waals surface area contributed by atoms with Gasteiger partial charge in [0.1, 0.15) is 5.60 Å². The Labute approximate surface area is 101 Å². The second-order valence-corrected chi connectivity index (χ2v) is 5.04. The molecular weight excluding hydrogens is 214 g/mol. The molecule has 90 valence electrons. The molecule has 1 unspecified atom stereocenters. The Balaban J connectivity index is 2.07. The summed E-state index contributed by atoms with van der Waals surface area (Å²) in [4.78, 5) is 12.0. The van der Waals surface area contributed by atoms with Crippen LogP contribution in [0.25, 0.3) is 0 Å². The molecule has 1 aromatic rings. The van der Waals surface area contributed by atoms with Gasteiger partial charge in [-0.2, -0.15) is 0 Å². The van der Waals surface area contributed by atoms with Crippen LogP contribution in [0.3, 0.4) is 0 Å². The molecule has 0 saturated carbocycles.